The molecular weight excluding hydrogens is 275 g/mol. The molecule has 0 radical (unpaired) electrons. The Hall–Kier alpha value is -2.89. The molecule has 3 rings (SSSR count). The van der Waals surface area contributed by atoms with Crippen molar-refractivity contribution < 1.29 is 18.4 Å². The number of nitrogens with zero attached hydrogens (tertiary/aromatic N) is 1. The zero-order valence-electron chi connectivity index (χ0n) is 11.1. The SMILES string of the molecule is Cc1ccc(/C=C2/C(=O)NN(c3ccc(F)cc3)C2=O)o1. The molecule has 1 aromatic heterocycles. The van der Waals surface area contributed by atoms with Crippen LogP contribution in [-0.4, -0.2) is 11.8 Å². The van der Waals surface area contributed by atoms with E-state index >= 15 is 0 Å². The molecule has 0 aliphatic carbocycles. The van der Waals surface area contributed by atoms with E-state index in [-0.39, 0.29) is 5.57 Å². The molecule has 2 amide bonds. The predicted molar refractivity (Wildman–Crippen MR) is 73.5 cm³/mol. The number of hydrogen-bond donors (Lipinski definition) is 1. The number of amides is 2. The highest BCUT2D eigenvalue weighted by Gasteiger charge is 2.34. The van der Waals surface area contributed by atoms with Crippen LogP contribution in [0.3, 0.4) is 0 Å². The zero-order chi connectivity index (χ0) is 15.0. The van der Waals surface area contributed by atoms with Gasteiger partial charge in [0.2, 0.25) is 0 Å². The maximum atomic E-state index is 12.9. The minimum atomic E-state index is -0.529. The fraction of sp³-hybridized carbons (Fsp3) is 0.0667. The third-order valence-electron chi connectivity index (χ3n) is 3.02. The highest BCUT2D eigenvalue weighted by molar-refractivity contribution is 6.31. The second kappa shape index (κ2) is 4.90. The second-order valence-corrected chi connectivity index (χ2v) is 4.56. The van der Waals surface area contributed by atoms with E-state index in [1.165, 1.54) is 30.3 Å². The molecule has 0 atom stereocenters. The van der Waals surface area contributed by atoms with E-state index in [9.17, 15) is 14.0 Å². The van der Waals surface area contributed by atoms with Crippen LogP contribution in [0.15, 0.2) is 46.4 Å². The highest BCUT2D eigenvalue weighted by atomic mass is 19.1. The number of carbonyl (C=O) groups is 2. The van der Waals surface area contributed by atoms with Crippen molar-refractivity contribution in [3.63, 3.8) is 0 Å². The molecule has 1 aromatic carbocycles. The summed E-state index contributed by atoms with van der Waals surface area (Å²) < 4.78 is 18.2. The van der Waals surface area contributed by atoms with Gasteiger partial charge in [0, 0.05) is 0 Å². The highest BCUT2D eigenvalue weighted by Crippen LogP contribution is 2.22. The third kappa shape index (κ3) is 2.43. The first kappa shape index (κ1) is 13.1. The number of benzene rings is 1. The molecule has 6 heteroatoms. The van der Waals surface area contributed by atoms with E-state index in [1.54, 1.807) is 19.1 Å². The lowest BCUT2D eigenvalue weighted by molar-refractivity contribution is -0.117. The van der Waals surface area contributed by atoms with Gasteiger partial charge in [0.1, 0.15) is 22.9 Å². The molecule has 1 aliphatic heterocycles. The maximum Gasteiger partial charge on any atom is 0.282 e. The van der Waals surface area contributed by atoms with Gasteiger partial charge in [-0.3, -0.25) is 15.0 Å². The first-order valence-corrected chi connectivity index (χ1v) is 6.24. The lowest BCUT2D eigenvalue weighted by atomic mass is 10.2. The third-order valence-corrected chi connectivity index (χ3v) is 3.02. The average Bonchev–Trinajstić information content (AvgIpc) is 2.98. The summed E-state index contributed by atoms with van der Waals surface area (Å²) >= 11 is 0. The normalized spacial score (nSPS) is 16.7. The van der Waals surface area contributed by atoms with Crippen LogP contribution in [0.25, 0.3) is 6.08 Å². The minimum Gasteiger partial charge on any atom is -0.462 e. The van der Waals surface area contributed by atoms with Crippen molar-refractivity contribution in [2.45, 2.75) is 6.92 Å². The molecule has 0 bridgehead atoms. The van der Waals surface area contributed by atoms with E-state index in [0.717, 1.165) is 5.01 Å². The summed E-state index contributed by atoms with van der Waals surface area (Å²) in [4.78, 5) is 24.1. The Morgan fingerprint density at radius 1 is 1.14 bits per heavy atom. The van der Waals surface area contributed by atoms with Gasteiger partial charge in [-0.1, -0.05) is 0 Å². The van der Waals surface area contributed by atoms with E-state index in [2.05, 4.69) is 5.43 Å². The number of aryl methyl sites for hydroxylation is 1. The van der Waals surface area contributed by atoms with Gasteiger partial charge in [-0.2, -0.15) is 0 Å². The van der Waals surface area contributed by atoms with Crippen LogP contribution in [-0.2, 0) is 9.59 Å². The molecule has 1 aliphatic rings. The van der Waals surface area contributed by atoms with Gasteiger partial charge in [0.05, 0.1) is 5.69 Å². The van der Waals surface area contributed by atoms with Gasteiger partial charge in [-0.15, -0.1) is 0 Å². The number of hydrogen-bond acceptors (Lipinski definition) is 3. The van der Waals surface area contributed by atoms with Crippen molar-refractivity contribution >= 4 is 23.6 Å². The van der Waals surface area contributed by atoms with Gasteiger partial charge in [0.25, 0.3) is 11.8 Å². The quantitative estimate of drug-likeness (QED) is 0.680. The van der Waals surface area contributed by atoms with Crippen LogP contribution in [0.1, 0.15) is 11.5 Å². The van der Waals surface area contributed by atoms with Crippen LogP contribution in [0.4, 0.5) is 10.1 Å². The Labute approximate surface area is 119 Å². The number of carbonyl (C=O) groups excluding carboxylic acids is 2. The molecule has 0 saturated carbocycles. The molecule has 0 unspecified atom stereocenters. The van der Waals surface area contributed by atoms with Crippen molar-refractivity contribution in [3.05, 3.63) is 59.3 Å². The van der Waals surface area contributed by atoms with E-state index in [1.807, 2.05) is 0 Å². The van der Waals surface area contributed by atoms with Crippen LogP contribution in [0.5, 0.6) is 0 Å². The summed E-state index contributed by atoms with van der Waals surface area (Å²) in [5.74, 6) is -0.354. The summed E-state index contributed by atoms with van der Waals surface area (Å²) in [5, 5.41) is 1.07. The topological polar surface area (TPSA) is 62.6 Å². The van der Waals surface area contributed by atoms with Crippen molar-refractivity contribution in [1.82, 2.24) is 5.43 Å². The molecule has 2 aromatic rings. The van der Waals surface area contributed by atoms with Crippen LogP contribution < -0.4 is 10.4 Å². The van der Waals surface area contributed by atoms with Crippen LogP contribution in [0.2, 0.25) is 0 Å². The lowest BCUT2D eigenvalue weighted by Crippen LogP contribution is -2.35. The van der Waals surface area contributed by atoms with Gasteiger partial charge in [0.15, 0.2) is 0 Å². The Morgan fingerprint density at radius 3 is 2.48 bits per heavy atom. The monoisotopic (exact) mass is 286 g/mol. The number of furan rings is 1. The molecule has 0 spiro atoms. The molecule has 106 valence electrons. The average molecular weight is 286 g/mol. The number of hydrazine groups is 1. The summed E-state index contributed by atoms with van der Waals surface area (Å²) in [5.41, 5.74) is 2.78. The summed E-state index contributed by atoms with van der Waals surface area (Å²) in [6.45, 7) is 1.77. The van der Waals surface area contributed by atoms with Gasteiger partial charge >= 0.3 is 0 Å². The van der Waals surface area contributed by atoms with Crippen molar-refractivity contribution in [3.8, 4) is 0 Å². The van der Waals surface area contributed by atoms with Crippen molar-refractivity contribution in [2.75, 3.05) is 5.01 Å². The minimum absolute atomic E-state index is 0.0336. The molecule has 1 saturated heterocycles. The molecule has 5 nitrogen and oxygen atoms in total. The molecule has 21 heavy (non-hydrogen) atoms. The standard InChI is InChI=1S/C15H11FN2O3/c1-9-2-7-12(21-9)8-13-14(19)17-18(15(13)20)11-5-3-10(16)4-6-11/h2-8H,1H3,(H,17,19)/b13-8-. The second-order valence-electron chi connectivity index (χ2n) is 4.56. The Balaban J connectivity index is 1.92. The fourth-order valence-corrected chi connectivity index (χ4v) is 2.00. The first-order valence-electron chi connectivity index (χ1n) is 6.24. The predicted octanol–water partition coefficient (Wildman–Crippen LogP) is 2.19. The number of halogens is 1. The largest absolute Gasteiger partial charge is 0.462 e. The smallest absolute Gasteiger partial charge is 0.282 e. The summed E-state index contributed by atoms with van der Waals surface area (Å²) in [6.07, 6.45) is 1.38. The molecule has 1 N–H and O–H groups in total. The fourth-order valence-electron chi connectivity index (χ4n) is 2.00. The van der Waals surface area contributed by atoms with Gasteiger partial charge < -0.3 is 4.42 Å². The summed E-state index contributed by atoms with van der Waals surface area (Å²) in [6, 6.07) is 8.66. The van der Waals surface area contributed by atoms with Gasteiger partial charge in [-0.25, -0.2) is 9.40 Å². The first-order chi connectivity index (χ1) is 10.0. The van der Waals surface area contributed by atoms with Crippen molar-refractivity contribution in [2.24, 2.45) is 0 Å². The van der Waals surface area contributed by atoms with Crippen LogP contribution in [0, 0.1) is 12.7 Å². The molecule has 2 heterocycles. The maximum absolute atomic E-state index is 12.9. The zero-order valence-corrected chi connectivity index (χ0v) is 11.1. The van der Waals surface area contributed by atoms with E-state index < -0.39 is 17.6 Å². The Bertz CT molecular complexity index is 747. The lowest BCUT2D eigenvalue weighted by Gasteiger charge is -2.14. The number of anilines is 1. The van der Waals surface area contributed by atoms with Crippen LogP contribution >= 0.6 is 0 Å². The Kier molecular flexibility index (Phi) is 3.06. The van der Waals surface area contributed by atoms with E-state index in [0.29, 0.717) is 17.2 Å². The Morgan fingerprint density at radius 2 is 1.86 bits per heavy atom. The van der Waals surface area contributed by atoms with E-state index in [4.69, 9.17) is 4.42 Å². The van der Waals surface area contributed by atoms with Crippen molar-refractivity contribution in [1.29, 1.82) is 0 Å². The molecular formula is C15H11FN2O3. The van der Waals surface area contributed by atoms with Gasteiger partial charge in [-0.05, 0) is 49.4 Å². The number of nitrogens with one attached hydrogen (secondary N) is 1. The summed E-state index contributed by atoms with van der Waals surface area (Å²) in [7, 11) is 0. The molecule has 1 fully saturated rings. The number of rotatable bonds is 2.